The van der Waals surface area contributed by atoms with Gasteiger partial charge in [0.15, 0.2) is 0 Å². The number of methoxy groups -OCH3 is 1. The Labute approximate surface area is 108 Å². The lowest BCUT2D eigenvalue weighted by Gasteiger charge is -2.05. The van der Waals surface area contributed by atoms with Crippen molar-refractivity contribution in [3.63, 3.8) is 0 Å². The number of nitrogens with one attached hydrogen (secondary N) is 2. The van der Waals surface area contributed by atoms with Crippen molar-refractivity contribution in [2.45, 2.75) is 13.8 Å². The zero-order valence-corrected chi connectivity index (χ0v) is 11.0. The molecule has 2 amide bonds. The highest BCUT2D eigenvalue weighted by molar-refractivity contribution is 7.11. The molecule has 1 aromatic rings. The number of ether oxygens (including phenoxy) is 1. The average molecular weight is 271 g/mol. The van der Waals surface area contributed by atoms with Gasteiger partial charge in [-0.15, -0.1) is 0 Å². The Bertz CT molecular complexity index is 483. The first-order valence-corrected chi connectivity index (χ1v) is 5.82. The molecule has 98 valence electrons. The third-order valence-corrected chi connectivity index (χ3v) is 2.85. The van der Waals surface area contributed by atoms with E-state index < -0.39 is 11.9 Å². The number of carbonyl (C=O) groups is 3. The monoisotopic (exact) mass is 271 g/mol. The topological polar surface area (TPSA) is 97.4 Å². The van der Waals surface area contributed by atoms with Crippen molar-refractivity contribution >= 4 is 34.3 Å². The lowest BCUT2D eigenvalue weighted by Crippen LogP contribution is -2.30. The predicted molar refractivity (Wildman–Crippen MR) is 65.5 cm³/mol. The molecular formula is C10H13N3O4S. The second kappa shape index (κ2) is 6.10. The van der Waals surface area contributed by atoms with Crippen LogP contribution in [0.2, 0.25) is 0 Å². The Hall–Kier alpha value is -1.96. The Kier molecular flexibility index (Phi) is 4.78. The molecule has 0 aliphatic heterocycles. The van der Waals surface area contributed by atoms with E-state index in [1.165, 1.54) is 14.0 Å². The standard InChI is InChI=1S/C10H13N3O4S/c1-5-8(9(16)11-4-7(15)17-3)10(18-13-5)12-6(2)14/h4H2,1-3H3,(H,11,16)(H,12,14). The van der Waals surface area contributed by atoms with Gasteiger partial charge in [0.1, 0.15) is 11.5 Å². The minimum absolute atomic E-state index is 0.232. The Morgan fingerprint density at radius 2 is 2.06 bits per heavy atom. The summed E-state index contributed by atoms with van der Waals surface area (Å²) in [5.74, 6) is -1.32. The van der Waals surface area contributed by atoms with Crippen molar-refractivity contribution in [1.82, 2.24) is 9.69 Å². The van der Waals surface area contributed by atoms with Crippen LogP contribution in [0.25, 0.3) is 0 Å². The summed E-state index contributed by atoms with van der Waals surface area (Å²) >= 11 is 1.01. The van der Waals surface area contributed by atoms with Gasteiger partial charge in [-0.05, 0) is 18.5 Å². The fourth-order valence-corrected chi connectivity index (χ4v) is 2.04. The van der Waals surface area contributed by atoms with E-state index in [2.05, 4.69) is 19.7 Å². The van der Waals surface area contributed by atoms with Gasteiger partial charge in [0.2, 0.25) is 5.91 Å². The number of nitrogens with zero attached hydrogens (tertiary/aromatic N) is 1. The molecule has 0 unspecified atom stereocenters. The van der Waals surface area contributed by atoms with Crippen LogP contribution in [0, 0.1) is 6.92 Å². The average Bonchev–Trinajstić information content (AvgIpc) is 2.66. The highest BCUT2D eigenvalue weighted by Crippen LogP contribution is 2.24. The summed E-state index contributed by atoms with van der Waals surface area (Å²) in [6, 6.07) is 0. The Morgan fingerprint density at radius 1 is 1.39 bits per heavy atom. The van der Waals surface area contributed by atoms with Crippen LogP contribution in [0.4, 0.5) is 5.00 Å². The van der Waals surface area contributed by atoms with Gasteiger partial charge in [-0.1, -0.05) is 0 Å². The maximum Gasteiger partial charge on any atom is 0.325 e. The molecule has 7 nitrogen and oxygen atoms in total. The summed E-state index contributed by atoms with van der Waals surface area (Å²) in [5, 5.41) is 5.27. The van der Waals surface area contributed by atoms with Gasteiger partial charge in [-0.2, -0.15) is 4.37 Å². The first kappa shape index (κ1) is 14.1. The van der Waals surface area contributed by atoms with Crippen LogP contribution in [0.5, 0.6) is 0 Å². The summed E-state index contributed by atoms with van der Waals surface area (Å²) in [6.07, 6.45) is 0. The van der Waals surface area contributed by atoms with Gasteiger partial charge in [0.05, 0.1) is 18.4 Å². The minimum Gasteiger partial charge on any atom is -0.468 e. The maximum atomic E-state index is 11.8. The zero-order chi connectivity index (χ0) is 13.7. The Morgan fingerprint density at radius 3 is 2.61 bits per heavy atom. The number of carbonyl (C=O) groups excluding carboxylic acids is 3. The number of rotatable bonds is 4. The van der Waals surface area contributed by atoms with Crippen LogP contribution in [-0.4, -0.2) is 35.8 Å². The van der Waals surface area contributed by atoms with E-state index in [-0.39, 0.29) is 18.0 Å². The van der Waals surface area contributed by atoms with Gasteiger partial charge < -0.3 is 15.4 Å². The number of aryl methyl sites for hydroxylation is 1. The van der Waals surface area contributed by atoms with Crippen molar-refractivity contribution in [3.8, 4) is 0 Å². The molecule has 1 aromatic heterocycles. The van der Waals surface area contributed by atoms with Crippen molar-refractivity contribution in [2.24, 2.45) is 0 Å². The van der Waals surface area contributed by atoms with Crippen molar-refractivity contribution in [3.05, 3.63) is 11.3 Å². The molecule has 0 saturated heterocycles. The van der Waals surface area contributed by atoms with E-state index >= 15 is 0 Å². The quantitative estimate of drug-likeness (QED) is 0.768. The molecule has 0 atom stereocenters. The summed E-state index contributed by atoms with van der Waals surface area (Å²) < 4.78 is 8.39. The van der Waals surface area contributed by atoms with Crippen LogP contribution in [-0.2, 0) is 14.3 Å². The SMILES string of the molecule is COC(=O)CNC(=O)c1c(C)nsc1NC(C)=O. The summed E-state index contributed by atoms with van der Waals surface area (Å²) in [4.78, 5) is 33.7. The highest BCUT2D eigenvalue weighted by atomic mass is 32.1. The second-order valence-electron chi connectivity index (χ2n) is 3.41. The lowest BCUT2D eigenvalue weighted by atomic mass is 10.2. The molecule has 0 aliphatic carbocycles. The molecule has 8 heteroatoms. The molecule has 0 fully saturated rings. The summed E-state index contributed by atoms with van der Waals surface area (Å²) in [5.41, 5.74) is 0.755. The number of amides is 2. The third kappa shape index (κ3) is 3.52. The number of hydrogen-bond donors (Lipinski definition) is 2. The van der Waals surface area contributed by atoms with Crippen LogP contribution in [0.3, 0.4) is 0 Å². The van der Waals surface area contributed by atoms with Gasteiger partial charge in [0.25, 0.3) is 5.91 Å². The van der Waals surface area contributed by atoms with Gasteiger partial charge >= 0.3 is 5.97 Å². The maximum absolute atomic E-state index is 11.8. The van der Waals surface area contributed by atoms with E-state index in [9.17, 15) is 14.4 Å². The second-order valence-corrected chi connectivity index (χ2v) is 4.19. The lowest BCUT2D eigenvalue weighted by molar-refractivity contribution is -0.139. The molecule has 0 bridgehead atoms. The third-order valence-electron chi connectivity index (χ3n) is 2.00. The molecule has 2 N–H and O–H groups in total. The zero-order valence-electron chi connectivity index (χ0n) is 10.2. The van der Waals surface area contributed by atoms with Gasteiger partial charge in [-0.3, -0.25) is 14.4 Å². The van der Waals surface area contributed by atoms with E-state index in [0.717, 1.165) is 11.5 Å². The number of anilines is 1. The van der Waals surface area contributed by atoms with E-state index in [4.69, 9.17) is 0 Å². The molecule has 0 spiro atoms. The van der Waals surface area contributed by atoms with Gasteiger partial charge in [-0.25, -0.2) is 0 Å². The molecule has 0 aromatic carbocycles. The molecule has 1 heterocycles. The Balaban J connectivity index is 2.81. The molecule has 0 aliphatic rings. The molecule has 1 rings (SSSR count). The van der Waals surface area contributed by atoms with Crippen molar-refractivity contribution < 1.29 is 19.1 Å². The fraction of sp³-hybridized carbons (Fsp3) is 0.400. The van der Waals surface area contributed by atoms with E-state index in [1.807, 2.05) is 0 Å². The largest absolute Gasteiger partial charge is 0.468 e. The smallest absolute Gasteiger partial charge is 0.325 e. The summed E-state index contributed by atoms with van der Waals surface area (Å²) in [6.45, 7) is 2.75. The van der Waals surface area contributed by atoms with Crippen molar-refractivity contribution in [2.75, 3.05) is 19.0 Å². The molecule has 0 saturated carbocycles. The predicted octanol–water partition coefficient (Wildman–Crippen LogP) is 0.313. The number of aromatic nitrogens is 1. The van der Waals surface area contributed by atoms with E-state index in [0.29, 0.717) is 10.7 Å². The van der Waals surface area contributed by atoms with E-state index in [1.54, 1.807) is 6.92 Å². The molecular weight excluding hydrogens is 258 g/mol. The molecule has 0 radical (unpaired) electrons. The highest BCUT2D eigenvalue weighted by Gasteiger charge is 2.19. The first-order chi connectivity index (χ1) is 8.45. The minimum atomic E-state index is -0.551. The van der Waals surface area contributed by atoms with Crippen molar-refractivity contribution in [1.29, 1.82) is 0 Å². The number of esters is 1. The van der Waals surface area contributed by atoms with Crippen LogP contribution >= 0.6 is 11.5 Å². The van der Waals surface area contributed by atoms with Crippen LogP contribution < -0.4 is 10.6 Å². The summed E-state index contributed by atoms with van der Waals surface area (Å²) in [7, 11) is 1.23. The normalized spacial score (nSPS) is 9.72. The molecule has 18 heavy (non-hydrogen) atoms. The van der Waals surface area contributed by atoms with Crippen LogP contribution in [0.15, 0.2) is 0 Å². The number of hydrogen-bond acceptors (Lipinski definition) is 6. The van der Waals surface area contributed by atoms with Gasteiger partial charge in [0, 0.05) is 6.92 Å². The van der Waals surface area contributed by atoms with Crippen LogP contribution in [0.1, 0.15) is 23.0 Å². The fourth-order valence-electron chi connectivity index (χ4n) is 1.20. The first-order valence-electron chi connectivity index (χ1n) is 5.04.